The number of carbonyl (C=O) groups is 1. The van der Waals surface area contributed by atoms with Crippen LogP contribution in [0.4, 0.5) is 5.69 Å². The summed E-state index contributed by atoms with van der Waals surface area (Å²) < 4.78 is 51.9. The smallest absolute Gasteiger partial charge is 0.241 e. The predicted octanol–water partition coefficient (Wildman–Crippen LogP) is -1.08. The molecule has 2 aromatic carbocycles. The summed E-state index contributed by atoms with van der Waals surface area (Å²) in [6.07, 6.45) is 0.502. The topological polar surface area (TPSA) is 225 Å². The summed E-state index contributed by atoms with van der Waals surface area (Å²) >= 11 is 0. The Kier molecular flexibility index (Phi) is 6.40. The minimum absolute atomic E-state index is 0.00207. The summed E-state index contributed by atoms with van der Waals surface area (Å²) in [6, 6.07) is 6.65. The largest absolute Gasteiger partial charge is 0.398 e. The third-order valence-electron chi connectivity index (χ3n) is 3.96. The number of nitrogen functional groups attached to an aromatic ring is 2. The average molecular weight is 441 g/mol. The number of hydrogen-bond donors (Lipinski definition) is 6. The van der Waals surface area contributed by atoms with Gasteiger partial charge in [0.1, 0.15) is 15.6 Å². The van der Waals surface area contributed by atoms with Gasteiger partial charge in [0.25, 0.3) is 0 Å². The molecule has 0 aliphatic rings. The minimum atomic E-state index is -4.66. The Hall–Kier alpha value is -2.84. The van der Waals surface area contributed by atoms with Gasteiger partial charge in [-0.15, -0.1) is 0 Å². The number of anilines is 1. The van der Waals surface area contributed by atoms with Gasteiger partial charge in [0.2, 0.25) is 20.0 Å². The van der Waals surface area contributed by atoms with Crippen molar-refractivity contribution >= 4 is 37.9 Å². The van der Waals surface area contributed by atoms with E-state index in [1.54, 1.807) is 0 Å². The van der Waals surface area contributed by atoms with E-state index < -0.39 is 41.2 Å². The second kappa shape index (κ2) is 8.26. The molecule has 0 saturated heterocycles. The van der Waals surface area contributed by atoms with Crippen LogP contribution in [0.2, 0.25) is 0 Å². The van der Waals surface area contributed by atoms with Gasteiger partial charge in [-0.05, 0) is 17.7 Å². The zero-order valence-corrected chi connectivity index (χ0v) is 16.7. The molecule has 11 nitrogen and oxygen atoms in total. The number of carbonyl (C=O) groups excluding carboxylic acids is 1. The standard InChI is InChI=1S/C16H20N6O5S2/c17-6-7-22-29(26,27)12-5-4-10(11-3-1-2-9(8-23)14(11)18)13(16(19)20)15(12)28(21,24)25/h1-5,8,22H,6-7,17-18H2,(H3,19,20)(H2,21,24,25). The molecule has 0 amide bonds. The van der Waals surface area contributed by atoms with Crippen molar-refractivity contribution in [2.45, 2.75) is 9.79 Å². The number of amidine groups is 1. The molecule has 2 aromatic rings. The summed E-state index contributed by atoms with van der Waals surface area (Å²) in [5.41, 5.74) is 16.8. The van der Waals surface area contributed by atoms with Gasteiger partial charge in [0, 0.05) is 29.8 Å². The SMILES string of the molecule is N=C(N)c1c(-c2cccc(C=O)c2N)ccc(S(=O)(=O)NCCN)c1S(N)(=O)=O. The molecule has 0 aromatic heterocycles. The van der Waals surface area contributed by atoms with Crippen molar-refractivity contribution in [3.05, 3.63) is 41.5 Å². The Bertz CT molecular complexity index is 1190. The van der Waals surface area contributed by atoms with E-state index in [0.717, 1.165) is 6.07 Å². The highest BCUT2D eigenvalue weighted by molar-refractivity contribution is 7.92. The van der Waals surface area contributed by atoms with Gasteiger partial charge in [0.15, 0.2) is 6.29 Å². The third-order valence-corrected chi connectivity index (χ3v) is 6.58. The van der Waals surface area contributed by atoms with E-state index >= 15 is 0 Å². The van der Waals surface area contributed by atoms with Crippen LogP contribution in [0.3, 0.4) is 0 Å². The van der Waals surface area contributed by atoms with Gasteiger partial charge in [-0.2, -0.15) is 0 Å². The average Bonchev–Trinajstić information content (AvgIpc) is 2.64. The Morgan fingerprint density at radius 1 is 1.10 bits per heavy atom. The normalized spacial score (nSPS) is 11.9. The van der Waals surface area contributed by atoms with E-state index in [9.17, 15) is 21.6 Å². The monoisotopic (exact) mass is 440 g/mol. The maximum absolute atomic E-state index is 12.6. The van der Waals surface area contributed by atoms with Crippen molar-refractivity contribution in [2.75, 3.05) is 18.8 Å². The molecule has 0 fully saturated rings. The molecule has 2 rings (SSSR count). The Morgan fingerprint density at radius 2 is 1.76 bits per heavy atom. The summed E-state index contributed by atoms with van der Waals surface area (Å²) in [5, 5.41) is 13.1. The number of benzene rings is 2. The highest BCUT2D eigenvalue weighted by Gasteiger charge is 2.31. The van der Waals surface area contributed by atoms with Crippen molar-refractivity contribution in [3.8, 4) is 11.1 Å². The fourth-order valence-corrected chi connectivity index (χ4v) is 5.41. The second-order valence-corrected chi connectivity index (χ2v) is 9.12. The second-order valence-electron chi connectivity index (χ2n) is 5.89. The van der Waals surface area contributed by atoms with Crippen LogP contribution in [0.1, 0.15) is 15.9 Å². The molecular formula is C16H20N6O5S2. The first-order chi connectivity index (χ1) is 13.5. The van der Waals surface area contributed by atoms with E-state index in [4.69, 9.17) is 27.7 Å². The van der Waals surface area contributed by atoms with Crippen LogP contribution in [0.5, 0.6) is 0 Å². The van der Waals surface area contributed by atoms with Crippen molar-refractivity contribution in [2.24, 2.45) is 16.6 Å². The molecule has 13 heteroatoms. The van der Waals surface area contributed by atoms with Crippen LogP contribution in [0.15, 0.2) is 40.1 Å². The van der Waals surface area contributed by atoms with Crippen LogP contribution < -0.4 is 27.1 Å². The Labute approximate surface area is 167 Å². The first-order valence-electron chi connectivity index (χ1n) is 8.03. The fourth-order valence-electron chi connectivity index (χ4n) is 2.74. The van der Waals surface area contributed by atoms with Gasteiger partial charge in [-0.3, -0.25) is 10.2 Å². The molecule has 29 heavy (non-hydrogen) atoms. The van der Waals surface area contributed by atoms with Crippen molar-refractivity contribution in [3.63, 3.8) is 0 Å². The lowest BCUT2D eigenvalue weighted by atomic mass is 9.95. The lowest BCUT2D eigenvalue weighted by Crippen LogP contribution is -2.32. The summed E-state index contributed by atoms with van der Waals surface area (Å²) in [5.74, 6) is -0.754. The number of nitrogens with two attached hydrogens (primary N) is 4. The van der Waals surface area contributed by atoms with E-state index in [0.29, 0.717) is 6.29 Å². The highest BCUT2D eigenvalue weighted by Crippen LogP contribution is 2.36. The van der Waals surface area contributed by atoms with E-state index in [2.05, 4.69) is 4.72 Å². The van der Waals surface area contributed by atoms with Gasteiger partial charge < -0.3 is 17.2 Å². The molecule has 0 aliphatic carbocycles. The van der Waals surface area contributed by atoms with Gasteiger partial charge >= 0.3 is 0 Å². The number of rotatable bonds is 8. The van der Waals surface area contributed by atoms with Crippen molar-refractivity contribution in [1.82, 2.24) is 4.72 Å². The molecule has 0 unspecified atom stereocenters. The lowest BCUT2D eigenvalue weighted by Gasteiger charge is -2.18. The van der Waals surface area contributed by atoms with E-state index in [1.807, 2.05) is 0 Å². The zero-order valence-electron chi connectivity index (χ0n) is 15.0. The van der Waals surface area contributed by atoms with Gasteiger partial charge in [-0.25, -0.2) is 26.7 Å². The van der Waals surface area contributed by atoms with Crippen LogP contribution in [0, 0.1) is 5.41 Å². The maximum Gasteiger partial charge on any atom is 0.241 e. The predicted molar refractivity (Wildman–Crippen MR) is 108 cm³/mol. The number of nitrogens with one attached hydrogen (secondary N) is 2. The number of hydrogen-bond acceptors (Lipinski definition) is 8. The lowest BCUT2D eigenvalue weighted by molar-refractivity contribution is 0.112. The summed E-state index contributed by atoms with van der Waals surface area (Å²) in [7, 11) is -9.00. The third kappa shape index (κ3) is 4.44. The molecule has 0 atom stereocenters. The van der Waals surface area contributed by atoms with E-state index in [1.165, 1.54) is 24.3 Å². The van der Waals surface area contributed by atoms with Crippen LogP contribution in [-0.4, -0.2) is 42.0 Å². The molecule has 0 spiro atoms. The highest BCUT2D eigenvalue weighted by atomic mass is 32.2. The number of primary sulfonamides is 1. The number of para-hydroxylation sites is 1. The first-order valence-corrected chi connectivity index (χ1v) is 11.1. The van der Waals surface area contributed by atoms with Crippen molar-refractivity contribution in [1.29, 1.82) is 5.41 Å². The van der Waals surface area contributed by atoms with Crippen LogP contribution in [-0.2, 0) is 20.0 Å². The molecule has 0 aliphatic heterocycles. The molecule has 0 bridgehead atoms. The van der Waals surface area contributed by atoms with Gasteiger partial charge in [0.05, 0.1) is 5.69 Å². The summed E-state index contributed by atoms with van der Waals surface area (Å²) in [6.45, 7) is -0.186. The summed E-state index contributed by atoms with van der Waals surface area (Å²) in [4.78, 5) is 9.64. The van der Waals surface area contributed by atoms with Crippen LogP contribution in [0.25, 0.3) is 11.1 Å². The number of aldehydes is 1. The quantitative estimate of drug-likeness (QED) is 0.128. The number of sulfonamides is 2. The molecule has 0 saturated carbocycles. The minimum Gasteiger partial charge on any atom is -0.398 e. The molecule has 0 heterocycles. The molecule has 10 N–H and O–H groups in total. The molecular weight excluding hydrogens is 420 g/mol. The maximum atomic E-state index is 12.6. The van der Waals surface area contributed by atoms with Gasteiger partial charge in [-0.1, -0.05) is 18.2 Å². The molecule has 156 valence electrons. The van der Waals surface area contributed by atoms with Crippen LogP contribution >= 0.6 is 0 Å². The van der Waals surface area contributed by atoms with E-state index in [-0.39, 0.29) is 35.5 Å². The Balaban J connectivity index is 2.99. The fraction of sp³-hybridized carbons (Fsp3) is 0.125. The van der Waals surface area contributed by atoms with Crippen molar-refractivity contribution < 1.29 is 21.6 Å². The Morgan fingerprint density at radius 3 is 2.28 bits per heavy atom. The first kappa shape index (κ1) is 22.4. The molecule has 0 radical (unpaired) electrons. The zero-order chi connectivity index (χ0) is 22.0.